The molecule has 0 aliphatic carbocycles. The summed E-state index contributed by atoms with van der Waals surface area (Å²) in [5.41, 5.74) is 4.35. The molecule has 7 atom stereocenters. The molecule has 374 valence electrons. The highest BCUT2D eigenvalue weighted by Gasteiger charge is 2.50. The number of nitrogens with one attached hydrogen (secondary N) is 2. The molecular weight excluding hydrogens is 935 g/mol. The van der Waals surface area contributed by atoms with Gasteiger partial charge in [-0.15, -0.1) is 0 Å². The number of nitrogen functional groups attached to an aromatic ring is 1. The van der Waals surface area contributed by atoms with Gasteiger partial charge in [0.25, 0.3) is 0 Å². The summed E-state index contributed by atoms with van der Waals surface area (Å²) in [5.74, 6) is 0.535. The van der Waals surface area contributed by atoms with E-state index < -0.39 is 78.6 Å². The standard InChI is InChI=1S/C38H70N7O16P3S/c1-4-5-6-7-8-9-10-11-12-13-14-15-16-17-18-22-65-23-21-40-29(46)19-20-41-36(49)33(48)38(2,3)25-58-64(55,56)61-63(53,54)57-24-28-32(60-62(50,51)52)31(47)37(59-28)45-27-44-30-34(39)42-26-43-35(30)45/h26-28,31-33,37,47-48H,4-25H2,1-3H3,(H,40,46)(H,41,49)(H,53,54)(H,55,56)(H2,39,42,43)(H2,50,51,52)/t28-,31-,32-,33+,37-/m1/s1. The molecular formula is C38H70N7O16P3S. The molecule has 0 bridgehead atoms. The fourth-order valence-corrected chi connectivity index (χ4v) is 10.6. The third-order valence-electron chi connectivity index (χ3n) is 10.5. The summed E-state index contributed by atoms with van der Waals surface area (Å²) in [7, 11) is -16.3. The summed E-state index contributed by atoms with van der Waals surface area (Å²) in [6, 6.07) is 0. The van der Waals surface area contributed by atoms with Gasteiger partial charge in [0.05, 0.1) is 19.5 Å². The Labute approximate surface area is 384 Å². The number of hydrogen-bond donors (Lipinski definition) is 9. The number of phosphoric acid groups is 3. The lowest BCUT2D eigenvalue weighted by Crippen LogP contribution is -2.46. The maximum atomic E-state index is 12.7. The number of fused-ring (bicyclic) bond motifs is 1. The van der Waals surface area contributed by atoms with E-state index in [1.807, 2.05) is 0 Å². The summed E-state index contributed by atoms with van der Waals surface area (Å²) in [6.07, 6.45) is 13.1. The van der Waals surface area contributed by atoms with Gasteiger partial charge in [-0.05, 0) is 12.2 Å². The van der Waals surface area contributed by atoms with E-state index in [9.17, 15) is 53.1 Å². The number of unbranched alkanes of at least 4 members (excludes halogenated alkanes) is 14. The minimum Gasteiger partial charge on any atom is -0.386 e. The fourth-order valence-electron chi connectivity index (χ4n) is 6.88. The van der Waals surface area contributed by atoms with Crippen molar-refractivity contribution in [1.29, 1.82) is 0 Å². The van der Waals surface area contributed by atoms with Crippen LogP contribution in [0.2, 0.25) is 0 Å². The molecule has 0 saturated carbocycles. The maximum Gasteiger partial charge on any atom is 0.481 e. The third-order valence-corrected chi connectivity index (χ3v) is 14.7. The SMILES string of the molecule is CCCCCCCCCCCCCCCCCSCCNC(=O)CCNC(=O)[C@H](O)C(C)(C)COP(=O)(O)OP(=O)(O)OC[C@H]1O[C@@H](n2cnc3c(N)ncnc32)[C@H](O)[C@@H]1OP(=O)(O)O. The van der Waals surface area contributed by atoms with Crippen molar-refractivity contribution in [3.63, 3.8) is 0 Å². The number of nitrogens with two attached hydrogens (primary N) is 1. The van der Waals surface area contributed by atoms with Crippen molar-refractivity contribution in [2.75, 3.05) is 43.5 Å². The van der Waals surface area contributed by atoms with Gasteiger partial charge in [0.15, 0.2) is 17.7 Å². The summed E-state index contributed by atoms with van der Waals surface area (Å²) < 4.78 is 62.5. The van der Waals surface area contributed by atoms with Gasteiger partial charge in [0.1, 0.15) is 36.3 Å². The number of nitrogens with zero attached hydrogens (tertiary/aromatic N) is 4. The Morgan fingerprint density at radius 2 is 1.45 bits per heavy atom. The number of hydrogen-bond acceptors (Lipinski definition) is 17. The number of imidazole rings is 1. The Bertz CT molecular complexity index is 1890. The highest BCUT2D eigenvalue weighted by molar-refractivity contribution is 7.99. The van der Waals surface area contributed by atoms with Crippen molar-refractivity contribution in [2.45, 2.75) is 154 Å². The number of aromatic nitrogens is 4. The molecule has 27 heteroatoms. The van der Waals surface area contributed by atoms with Crippen LogP contribution in [0.3, 0.4) is 0 Å². The van der Waals surface area contributed by atoms with Gasteiger partial charge in [0.2, 0.25) is 11.8 Å². The molecule has 2 unspecified atom stereocenters. The molecule has 1 aliphatic heterocycles. The van der Waals surface area contributed by atoms with Gasteiger partial charge >= 0.3 is 23.5 Å². The molecule has 65 heavy (non-hydrogen) atoms. The maximum absolute atomic E-state index is 12.7. The van der Waals surface area contributed by atoms with E-state index in [0.29, 0.717) is 6.54 Å². The van der Waals surface area contributed by atoms with E-state index in [1.165, 1.54) is 104 Å². The molecule has 1 saturated heterocycles. The average molecular weight is 1010 g/mol. The summed E-state index contributed by atoms with van der Waals surface area (Å²) in [5, 5.41) is 26.8. The number of aliphatic hydroxyl groups excluding tert-OH is 2. The number of rotatable bonds is 35. The Hall–Kier alpha value is -2.11. The van der Waals surface area contributed by atoms with E-state index >= 15 is 0 Å². The Kier molecular flexibility index (Phi) is 25.0. The van der Waals surface area contributed by atoms with Crippen LogP contribution in [0.25, 0.3) is 11.2 Å². The summed E-state index contributed by atoms with van der Waals surface area (Å²) in [4.78, 5) is 76.1. The first-order chi connectivity index (χ1) is 30.7. The molecule has 3 rings (SSSR count). The second kappa shape index (κ2) is 28.4. The number of carbonyl (C=O) groups excluding carboxylic acids is 2. The Morgan fingerprint density at radius 3 is 2.05 bits per heavy atom. The molecule has 3 heterocycles. The van der Waals surface area contributed by atoms with Crippen molar-refractivity contribution < 1.29 is 75.7 Å². The van der Waals surface area contributed by atoms with Crippen molar-refractivity contribution >= 4 is 64.0 Å². The number of aliphatic hydroxyl groups is 2. The quantitative estimate of drug-likeness (QED) is 0.0324. The van der Waals surface area contributed by atoms with E-state index in [1.54, 1.807) is 11.8 Å². The molecule has 2 amide bonds. The number of phosphoric ester groups is 3. The van der Waals surface area contributed by atoms with Gasteiger partial charge in [-0.25, -0.2) is 28.6 Å². The largest absolute Gasteiger partial charge is 0.481 e. The average Bonchev–Trinajstić information content (AvgIpc) is 3.79. The highest BCUT2D eigenvalue weighted by atomic mass is 32.2. The number of amides is 2. The van der Waals surface area contributed by atoms with Crippen LogP contribution < -0.4 is 16.4 Å². The van der Waals surface area contributed by atoms with Crippen LogP contribution >= 0.6 is 35.2 Å². The van der Waals surface area contributed by atoms with Gasteiger partial charge in [-0.2, -0.15) is 16.1 Å². The molecule has 0 spiro atoms. The fraction of sp³-hybridized carbons (Fsp3) is 0.816. The van der Waals surface area contributed by atoms with Crippen molar-refractivity contribution in [3.8, 4) is 0 Å². The van der Waals surface area contributed by atoms with Crippen LogP contribution in [0.1, 0.15) is 130 Å². The Morgan fingerprint density at radius 1 is 0.862 bits per heavy atom. The number of ether oxygens (including phenoxy) is 1. The molecule has 10 N–H and O–H groups in total. The van der Waals surface area contributed by atoms with Crippen LogP contribution in [0.5, 0.6) is 0 Å². The second-order valence-electron chi connectivity index (χ2n) is 16.6. The van der Waals surface area contributed by atoms with Gasteiger partial charge in [0, 0.05) is 30.7 Å². The first-order valence-corrected chi connectivity index (χ1v) is 27.8. The lowest BCUT2D eigenvalue weighted by Gasteiger charge is -2.30. The summed E-state index contributed by atoms with van der Waals surface area (Å²) in [6.45, 7) is 3.23. The smallest absolute Gasteiger partial charge is 0.386 e. The minimum absolute atomic E-state index is 0.0317. The minimum atomic E-state index is -5.55. The number of carbonyl (C=O) groups is 2. The predicted molar refractivity (Wildman–Crippen MR) is 242 cm³/mol. The van der Waals surface area contributed by atoms with Crippen molar-refractivity contribution in [2.24, 2.45) is 5.41 Å². The third kappa shape index (κ3) is 21.4. The van der Waals surface area contributed by atoms with Crippen LogP contribution in [0.4, 0.5) is 5.82 Å². The zero-order valence-corrected chi connectivity index (χ0v) is 41.0. The number of thioether (sulfide) groups is 1. The zero-order valence-electron chi connectivity index (χ0n) is 37.5. The molecule has 1 fully saturated rings. The summed E-state index contributed by atoms with van der Waals surface area (Å²) >= 11 is 1.77. The van der Waals surface area contributed by atoms with Crippen LogP contribution in [0.15, 0.2) is 12.7 Å². The van der Waals surface area contributed by atoms with Gasteiger partial charge in [-0.3, -0.25) is 27.7 Å². The molecule has 2 aromatic rings. The molecule has 1 aliphatic rings. The van der Waals surface area contributed by atoms with Crippen LogP contribution in [-0.4, -0.2) is 123 Å². The van der Waals surface area contributed by atoms with Gasteiger partial charge in [-0.1, -0.05) is 111 Å². The first kappa shape index (κ1) is 57.2. The number of anilines is 1. The zero-order chi connectivity index (χ0) is 48.1. The molecule has 0 aromatic carbocycles. The highest BCUT2D eigenvalue weighted by Crippen LogP contribution is 2.61. The van der Waals surface area contributed by atoms with E-state index in [0.717, 1.165) is 35.1 Å². The van der Waals surface area contributed by atoms with Crippen molar-refractivity contribution in [1.82, 2.24) is 30.2 Å². The lowest BCUT2D eigenvalue weighted by molar-refractivity contribution is -0.137. The second-order valence-corrected chi connectivity index (χ2v) is 22.1. The molecule has 23 nitrogen and oxygen atoms in total. The van der Waals surface area contributed by atoms with Crippen molar-refractivity contribution in [3.05, 3.63) is 12.7 Å². The monoisotopic (exact) mass is 1010 g/mol. The lowest BCUT2D eigenvalue weighted by atomic mass is 9.87. The first-order valence-electron chi connectivity index (χ1n) is 22.1. The Balaban J connectivity index is 1.29. The van der Waals surface area contributed by atoms with Gasteiger partial charge < -0.3 is 50.9 Å². The molecule has 2 aromatic heterocycles. The predicted octanol–water partition coefficient (Wildman–Crippen LogP) is 5.01. The van der Waals surface area contributed by atoms with E-state index in [2.05, 4.69) is 41.3 Å². The van der Waals surface area contributed by atoms with E-state index in [4.69, 9.17) is 19.5 Å². The van der Waals surface area contributed by atoms with Crippen LogP contribution in [-0.2, 0) is 45.9 Å². The molecule has 0 radical (unpaired) electrons. The topological polar surface area (TPSA) is 347 Å². The normalized spacial score (nSPS) is 20.4. The van der Waals surface area contributed by atoms with Crippen LogP contribution in [0, 0.1) is 5.41 Å². The van der Waals surface area contributed by atoms with E-state index in [-0.39, 0.29) is 35.9 Å².